The van der Waals surface area contributed by atoms with Gasteiger partial charge < -0.3 is 34.3 Å². The van der Waals surface area contributed by atoms with E-state index in [-0.39, 0.29) is 24.7 Å². The van der Waals surface area contributed by atoms with Gasteiger partial charge in [-0.25, -0.2) is 0 Å². The van der Waals surface area contributed by atoms with Crippen LogP contribution in [0.25, 0.3) is 0 Å². The molecule has 3 fully saturated rings. The summed E-state index contributed by atoms with van der Waals surface area (Å²) in [5, 5.41) is 34.0. The first-order chi connectivity index (χ1) is 19.9. The summed E-state index contributed by atoms with van der Waals surface area (Å²) in [7, 11) is 0. The third-order valence-electron chi connectivity index (χ3n) is 10.5. The summed E-state index contributed by atoms with van der Waals surface area (Å²) < 4.78 is 25.7. The summed E-state index contributed by atoms with van der Waals surface area (Å²) in [4.78, 5) is 14.0. The van der Waals surface area contributed by atoms with Crippen molar-refractivity contribution in [1.29, 1.82) is 0 Å². The van der Waals surface area contributed by atoms with E-state index >= 15 is 0 Å². The van der Waals surface area contributed by atoms with Crippen molar-refractivity contribution in [3.05, 3.63) is 47.1 Å². The first kappa shape index (κ1) is 31.6. The molecule has 8 nitrogen and oxygen atoms in total. The fraction of sp³-hybridized carbons (Fsp3) is 0.735. The van der Waals surface area contributed by atoms with Crippen LogP contribution in [0, 0.1) is 23.7 Å². The van der Waals surface area contributed by atoms with Gasteiger partial charge >= 0.3 is 5.97 Å². The molecule has 0 aromatic carbocycles. The molecule has 8 heteroatoms. The van der Waals surface area contributed by atoms with E-state index in [1.807, 2.05) is 26.0 Å². The standard InChI is InChI=1S/C34H50O8/c1-7-19(2)30-22(5)13-14-33(42-30)17-26-16-25(41-33)12-11-21(4)28(35)20(3)9-8-10-24-18-39-31-29(36)23(6)15-27(32(37)40-26)34(24,31)38/h8-11,15,19-20,22,25-31,35-36,38H,7,12-14,16-18H2,1-6H3/b9-8+,21-11+,24-10+/t19?,20-,22-,25+,26?,27?,28-,29?,30?,31+,33+,34+/m0/s1. The van der Waals surface area contributed by atoms with Crippen molar-refractivity contribution in [2.45, 2.75) is 128 Å². The fourth-order valence-corrected chi connectivity index (χ4v) is 7.55. The highest BCUT2D eigenvalue weighted by molar-refractivity contribution is 5.78. The topological polar surface area (TPSA) is 115 Å². The van der Waals surface area contributed by atoms with Gasteiger partial charge in [-0.05, 0) is 55.2 Å². The normalized spacial score (nSPS) is 48.6. The SMILES string of the molecule is CCC(C)C1O[C@]2(CC[C@@H]1C)CC1C[C@@H](C/C=C(\C)[C@@H](O)[C@@H](C)/C=C/C=C3\CO[C@@H]4C(O)C(C)=CC(C(=O)O1)[C@]34O)O2. The maximum atomic E-state index is 14.0. The number of carbonyl (C=O) groups excluding carboxylic acids is 1. The second-order valence-corrected chi connectivity index (χ2v) is 13.6. The molecule has 234 valence electrons. The average molecular weight is 587 g/mol. The highest BCUT2D eigenvalue weighted by Crippen LogP contribution is 2.47. The molecule has 0 aromatic heterocycles. The van der Waals surface area contributed by atoms with Crippen LogP contribution in [0.4, 0.5) is 0 Å². The zero-order valence-corrected chi connectivity index (χ0v) is 26.0. The first-order valence-electron chi connectivity index (χ1n) is 15.9. The molecule has 4 aliphatic heterocycles. The number of aliphatic hydroxyl groups excluding tert-OH is 2. The summed E-state index contributed by atoms with van der Waals surface area (Å²) in [5.74, 6) is -1.88. The van der Waals surface area contributed by atoms with Gasteiger partial charge in [-0.1, -0.05) is 64.5 Å². The van der Waals surface area contributed by atoms with Gasteiger partial charge in [0.25, 0.3) is 0 Å². The molecule has 3 saturated heterocycles. The molecule has 0 amide bonds. The van der Waals surface area contributed by atoms with Crippen molar-refractivity contribution in [2.24, 2.45) is 23.7 Å². The second-order valence-electron chi connectivity index (χ2n) is 13.6. The minimum atomic E-state index is -1.75. The first-order valence-corrected chi connectivity index (χ1v) is 15.9. The summed E-state index contributed by atoms with van der Waals surface area (Å²) >= 11 is 0. The van der Waals surface area contributed by atoms with E-state index in [1.165, 1.54) is 0 Å². The quantitative estimate of drug-likeness (QED) is 0.320. The van der Waals surface area contributed by atoms with Crippen molar-refractivity contribution in [1.82, 2.24) is 0 Å². The number of carbonyl (C=O) groups is 1. The Morgan fingerprint density at radius 3 is 2.60 bits per heavy atom. The maximum absolute atomic E-state index is 14.0. The van der Waals surface area contributed by atoms with Gasteiger partial charge in [-0.2, -0.15) is 0 Å². The predicted octanol–water partition coefficient (Wildman–Crippen LogP) is 4.53. The van der Waals surface area contributed by atoms with Gasteiger partial charge in [0.05, 0.1) is 24.9 Å². The highest BCUT2D eigenvalue weighted by Gasteiger charge is 2.60. The van der Waals surface area contributed by atoms with Crippen LogP contribution in [0.3, 0.4) is 0 Å². The Labute approximate surface area is 250 Å². The number of ether oxygens (including phenoxy) is 4. The fourth-order valence-electron chi connectivity index (χ4n) is 7.55. The average Bonchev–Trinajstić information content (AvgIpc) is 3.30. The molecule has 0 saturated carbocycles. The number of hydrogen-bond acceptors (Lipinski definition) is 8. The number of allylic oxidation sites excluding steroid dienone is 2. The van der Waals surface area contributed by atoms with Gasteiger partial charge in [0.15, 0.2) is 5.79 Å². The smallest absolute Gasteiger partial charge is 0.316 e. The Morgan fingerprint density at radius 2 is 1.86 bits per heavy atom. The summed E-state index contributed by atoms with van der Waals surface area (Å²) in [6, 6.07) is 0. The number of aliphatic hydroxyl groups is 3. The van der Waals surface area contributed by atoms with Crippen LogP contribution in [0.1, 0.15) is 80.1 Å². The zero-order chi connectivity index (χ0) is 30.4. The summed E-state index contributed by atoms with van der Waals surface area (Å²) in [5.41, 5.74) is 0.156. The molecule has 1 spiro atoms. The van der Waals surface area contributed by atoms with Gasteiger partial charge in [-0.3, -0.25) is 4.79 Å². The minimum absolute atomic E-state index is 0.0404. The van der Waals surface area contributed by atoms with Gasteiger partial charge in [-0.15, -0.1) is 0 Å². The van der Waals surface area contributed by atoms with Gasteiger partial charge in [0, 0.05) is 25.2 Å². The van der Waals surface area contributed by atoms with E-state index in [4.69, 9.17) is 18.9 Å². The van der Waals surface area contributed by atoms with Crippen molar-refractivity contribution in [2.75, 3.05) is 6.61 Å². The molecule has 42 heavy (non-hydrogen) atoms. The third-order valence-corrected chi connectivity index (χ3v) is 10.5. The van der Waals surface area contributed by atoms with Crippen LogP contribution >= 0.6 is 0 Å². The van der Waals surface area contributed by atoms with E-state index in [9.17, 15) is 20.1 Å². The summed E-state index contributed by atoms with van der Waals surface area (Å²) in [6.07, 6.45) is 9.73. The number of rotatable bonds is 2. The molecule has 5 rings (SSSR count). The molecule has 4 heterocycles. The van der Waals surface area contributed by atoms with E-state index in [1.54, 1.807) is 25.2 Å². The van der Waals surface area contributed by atoms with Crippen molar-refractivity contribution in [3.8, 4) is 0 Å². The lowest BCUT2D eigenvalue weighted by Gasteiger charge is -2.51. The predicted molar refractivity (Wildman–Crippen MR) is 158 cm³/mol. The lowest BCUT2D eigenvalue weighted by molar-refractivity contribution is -0.340. The third kappa shape index (κ3) is 5.83. The minimum Gasteiger partial charge on any atom is -0.462 e. The van der Waals surface area contributed by atoms with Gasteiger partial charge in [0.2, 0.25) is 0 Å². The molecule has 3 N–H and O–H groups in total. The monoisotopic (exact) mass is 586 g/mol. The Bertz CT molecular complexity index is 1140. The van der Waals surface area contributed by atoms with E-state index < -0.39 is 47.7 Å². The van der Waals surface area contributed by atoms with Crippen LogP contribution < -0.4 is 0 Å². The van der Waals surface area contributed by atoms with E-state index in [0.717, 1.165) is 18.4 Å². The van der Waals surface area contributed by atoms with E-state index in [0.29, 0.717) is 48.7 Å². The van der Waals surface area contributed by atoms with Crippen molar-refractivity contribution >= 4 is 5.97 Å². The van der Waals surface area contributed by atoms with Crippen LogP contribution in [-0.4, -0.2) is 75.9 Å². The number of hydrogen-bond donors (Lipinski definition) is 3. The molecule has 1 aliphatic carbocycles. The molecule has 2 bridgehead atoms. The lowest BCUT2D eigenvalue weighted by atomic mass is 9.71. The maximum Gasteiger partial charge on any atom is 0.316 e. The van der Waals surface area contributed by atoms with Crippen LogP contribution in [0.5, 0.6) is 0 Å². The molecule has 0 aromatic rings. The molecule has 0 radical (unpaired) electrons. The highest BCUT2D eigenvalue weighted by atomic mass is 16.7. The molecule has 5 unspecified atom stereocenters. The lowest BCUT2D eigenvalue weighted by Crippen LogP contribution is -2.58. The Balaban J connectivity index is 1.53. The van der Waals surface area contributed by atoms with Crippen molar-refractivity contribution < 1.29 is 39.1 Å². The number of fused-ring (bicyclic) bond motifs is 2. The van der Waals surface area contributed by atoms with Crippen LogP contribution in [0.15, 0.2) is 47.1 Å². The molecule has 12 atom stereocenters. The molecular formula is C34H50O8. The summed E-state index contributed by atoms with van der Waals surface area (Å²) in [6.45, 7) is 12.3. The Hall–Kier alpha value is -1.81. The largest absolute Gasteiger partial charge is 0.462 e. The molecule has 5 aliphatic rings. The van der Waals surface area contributed by atoms with Crippen LogP contribution in [0.2, 0.25) is 0 Å². The van der Waals surface area contributed by atoms with Crippen LogP contribution in [-0.2, 0) is 23.7 Å². The second kappa shape index (κ2) is 12.3. The Kier molecular flexibility index (Phi) is 9.25. The molecular weight excluding hydrogens is 536 g/mol. The van der Waals surface area contributed by atoms with Crippen molar-refractivity contribution in [3.63, 3.8) is 0 Å². The Morgan fingerprint density at radius 1 is 1.10 bits per heavy atom. The van der Waals surface area contributed by atoms with Gasteiger partial charge in [0.1, 0.15) is 29.8 Å². The number of esters is 1. The zero-order valence-electron chi connectivity index (χ0n) is 26.0. The van der Waals surface area contributed by atoms with E-state index in [2.05, 4.69) is 20.8 Å².